The SMILES string of the molecule is COC(=O)CC(NC(=O)CCc1ccc2ccccc2c1)c1ccc(OC)cc1. The first kappa shape index (κ1) is 20.4. The molecule has 3 aromatic rings. The monoisotopic (exact) mass is 391 g/mol. The van der Waals surface area contributed by atoms with E-state index in [1.165, 1.54) is 12.5 Å². The molecule has 1 N–H and O–H groups in total. The van der Waals surface area contributed by atoms with Gasteiger partial charge in [0.05, 0.1) is 26.7 Å². The van der Waals surface area contributed by atoms with E-state index in [1.807, 2.05) is 30.3 Å². The molecule has 0 aliphatic rings. The van der Waals surface area contributed by atoms with Gasteiger partial charge in [-0.05, 0) is 40.5 Å². The van der Waals surface area contributed by atoms with Crippen molar-refractivity contribution >= 4 is 22.6 Å². The van der Waals surface area contributed by atoms with Gasteiger partial charge in [0, 0.05) is 6.42 Å². The number of esters is 1. The average Bonchev–Trinajstić information content (AvgIpc) is 2.77. The quantitative estimate of drug-likeness (QED) is 0.585. The van der Waals surface area contributed by atoms with Crippen molar-refractivity contribution in [1.82, 2.24) is 5.32 Å². The maximum Gasteiger partial charge on any atom is 0.307 e. The number of carbonyl (C=O) groups excluding carboxylic acids is 2. The summed E-state index contributed by atoms with van der Waals surface area (Å²) in [5.41, 5.74) is 1.93. The summed E-state index contributed by atoms with van der Waals surface area (Å²) in [5, 5.41) is 5.30. The zero-order valence-corrected chi connectivity index (χ0v) is 16.7. The predicted molar refractivity (Wildman–Crippen MR) is 113 cm³/mol. The van der Waals surface area contributed by atoms with Gasteiger partial charge in [0.25, 0.3) is 0 Å². The Balaban J connectivity index is 1.65. The molecule has 0 aromatic heterocycles. The van der Waals surface area contributed by atoms with E-state index in [9.17, 15) is 9.59 Å². The Kier molecular flexibility index (Phi) is 6.85. The molecule has 0 aliphatic heterocycles. The molecule has 0 fully saturated rings. The number of benzene rings is 3. The summed E-state index contributed by atoms with van der Waals surface area (Å²) in [6.07, 6.45) is 1.04. The molecule has 1 atom stereocenters. The maximum atomic E-state index is 12.6. The van der Waals surface area contributed by atoms with Crippen LogP contribution < -0.4 is 10.1 Å². The molecule has 1 amide bonds. The van der Waals surface area contributed by atoms with Gasteiger partial charge < -0.3 is 14.8 Å². The number of rotatable bonds is 8. The number of aryl methyl sites for hydroxylation is 1. The van der Waals surface area contributed by atoms with E-state index < -0.39 is 6.04 Å². The molecule has 5 nitrogen and oxygen atoms in total. The third kappa shape index (κ3) is 5.57. The Labute approximate surface area is 170 Å². The van der Waals surface area contributed by atoms with Crippen LogP contribution in [0.5, 0.6) is 5.75 Å². The lowest BCUT2D eigenvalue weighted by Crippen LogP contribution is -2.30. The molecule has 29 heavy (non-hydrogen) atoms. The van der Waals surface area contributed by atoms with Crippen LogP contribution in [0, 0.1) is 0 Å². The van der Waals surface area contributed by atoms with Crippen molar-refractivity contribution in [2.45, 2.75) is 25.3 Å². The fourth-order valence-electron chi connectivity index (χ4n) is 3.26. The van der Waals surface area contributed by atoms with Crippen LogP contribution in [0.15, 0.2) is 66.7 Å². The van der Waals surface area contributed by atoms with Crippen LogP contribution in [0.2, 0.25) is 0 Å². The number of methoxy groups -OCH3 is 2. The highest BCUT2D eigenvalue weighted by Gasteiger charge is 2.19. The van der Waals surface area contributed by atoms with Crippen molar-refractivity contribution in [3.05, 3.63) is 77.9 Å². The highest BCUT2D eigenvalue weighted by molar-refractivity contribution is 5.83. The Morgan fingerprint density at radius 1 is 0.931 bits per heavy atom. The normalized spacial score (nSPS) is 11.7. The standard InChI is InChI=1S/C24H25NO4/c1-28-21-12-10-19(11-13-21)22(16-24(27)29-2)25-23(26)14-8-17-7-9-18-5-3-4-6-20(18)15-17/h3-7,9-13,15,22H,8,14,16H2,1-2H3,(H,25,26). The van der Waals surface area contributed by atoms with Crippen molar-refractivity contribution in [2.75, 3.05) is 14.2 Å². The van der Waals surface area contributed by atoms with Crippen LogP contribution >= 0.6 is 0 Å². The highest BCUT2D eigenvalue weighted by Crippen LogP contribution is 2.21. The molecular formula is C24H25NO4. The molecule has 0 radical (unpaired) electrons. The number of hydrogen-bond donors (Lipinski definition) is 1. The molecule has 1 unspecified atom stereocenters. The summed E-state index contributed by atoms with van der Waals surface area (Å²) >= 11 is 0. The zero-order valence-electron chi connectivity index (χ0n) is 16.7. The van der Waals surface area contributed by atoms with E-state index in [2.05, 4.69) is 29.6 Å². The molecule has 5 heteroatoms. The predicted octanol–water partition coefficient (Wildman–Crippen LogP) is 4.20. The topological polar surface area (TPSA) is 64.6 Å². The van der Waals surface area contributed by atoms with Crippen molar-refractivity contribution in [1.29, 1.82) is 0 Å². The first-order valence-electron chi connectivity index (χ1n) is 9.57. The van der Waals surface area contributed by atoms with Gasteiger partial charge >= 0.3 is 5.97 Å². The van der Waals surface area contributed by atoms with Crippen molar-refractivity contribution in [3.8, 4) is 5.75 Å². The lowest BCUT2D eigenvalue weighted by atomic mass is 10.0. The summed E-state index contributed by atoms with van der Waals surface area (Å²) < 4.78 is 9.96. The minimum atomic E-state index is -0.447. The van der Waals surface area contributed by atoms with E-state index in [0.717, 1.165) is 16.5 Å². The molecule has 0 heterocycles. The second-order valence-electron chi connectivity index (χ2n) is 6.86. The fourth-order valence-corrected chi connectivity index (χ4v) is 3.26. The van der Waals surface area contributed by atoms with Gasteiger partial charge in [-0.15, -0.1) is 0 Å². The van der Waals surface area contributed by atoms with Gasteiger partial charge in [0.1, 0.15) is 5.75 Å². The molecule has 0 saturated heterocycles. The van der Waals surface area contributed by atoms with Crippen molar-refractivity contribution < 1.29 is 19.1 Å². The van der Waals surface area contributed by atoms with Gasteiger partial charge in [0.15, 0.2) is 0 Å². The number of nitrogens with one attached hydrogen (secondary N) is 1. The first-order valence-corrected chi connectivity index (χ1v) is 9.57. The zero-order chi connectivity index (χ0) is 20.6. The molecule has 0 bridgehead atoms. The van der Waals surface area contributed by atoms with E-state index in [0.29, 0.717) is 18.6 Å². The van der Waals surface area contributed by atoms with Gasteiger partial charge in [-0.25, -0.2) is 0 Å². The van der Waals surface area contributed by atoms with Crippen molar-refractivity contribution in [3.63, 3.8) is 0 Å². The third-order valence-corrected chi connectivity index (χ3v) is 4.91. The third-order valence-electron chi connectivity index (χ3n) is 4.91. The van der Waals surface area contributed by atoms with Crippen LogP contribution in [0.4, 0.5) is 0 Å². The number of fused-ring (bicyclic) bond motifs is 1. The first-order chi connectivity index (χ1) is 14.1. The van der Waals surface area contributed by atoms with Gasteiger partial charge in [0.2, 0.25) is 5.91 Å². The summed E-state index contributed by atoms with van der Waals surface area (Å²) in [7, 11) is 2.93. The minimum Gasteiger partial charge on any atom is -0.497 e. The largest absolute Gasteiger partial charge is 0.497 e. The Hall–Kier alpha value is -3.34. The van der Waals surface area contributed by atoms with Crippen LogP contribution in [-0.2, 0) is 20.7 Å². The van der Waals surface area contributed by atoms with Crippen LogP contribution in [0.25, 0.3) is 10.8 Å². The van der Waals surface area contributed by atoms with E-state index >= 15 is 0 Å². The minimum absolute atomic E-state index is 0.0740. The van der Waals surface area contributed by atoms with Crippen LogP contribution in [0.3, 0.4) is 0 Å². The molecule has 0 spiro atoms. The van der Waals surface area contributed by atoms with E-state index in [-0.39, 0.29) is 18.3 Å². The maximum absolute atomic E-state index is 12.6. The Morgan fingerprint density at radius 3 is 2.34 bits per heavy atom. The van der Waals surface area contributed by atoms with Gasteiger partial charge in [-0.3, -0.25) is 9.59 Å². The second-order valence-corrected chi connectivity index (χ2v) is 6.86. The van der Waals surface area contributed by atoms with E-state index in [1.54, 1.807) is 19.2 Å². The molecule has 0 aliphatic carbocycles. The Morgan fingerprint density at radius 2 is 1.66 bits per heavy atom. The summed E-state index contributed by atoms with van der Waals surface area (Å²) in [4.78, 5) is 24.4. The average molecular weight is 391 g/mol. The molecule has 3 rings (SSSR count). The number of carbonyl (C=O) groups is 2. The fraction of sp³-hybridized carbons (Fsp3) is 0.250. The second kappa shape index (κ2) is 9.73. The lowest BCUT2D eigenvalue weighted by Gasteiger charge is -2.18. The van der Waals surface area contributed by atoms with Crippen molar-refractivity contribution in [2.24, 2.45) is 0 Å². The summed E-state index contributed by atoms with van der Waals surface area (Å²) in [6.45, 7) is 0. The van der Waals surface area contributed by atoms with Gasteiger partial charge in [-0.2, -0.15) is 0 Å². The number of amides is 1. The van der Waals surface area contributed by atoms with Crippen LogP contribution in [0.1, 0.15) is 30.0 Å². The number of hydrogen-bond acceptors (Lipinski definition) is 4. The summed E-state index contributed by atoms with van der Waals surface area (Å²) in [6, 6.07) is 21.2. The highest BCUT2D eigenvalue weighted by atomic mass is 16.5. The molecule has 3 aromatic carbocycles. The lowest BCUT2D eigenvalue weighted by molar-refractivity contribution is -0.141. The molecular weight excluding hydrogens is 366 g/mol. The molecule has 0 saturated carbocycles. The Bertz CT molecular complexity index is 982. The van der Waals surface area contributed by atoms with Crippen LogP contribution in [-0.4, -0.2) is 26.1 Å². The number of ether oxygens (including phenoxy) is 2. The summed E-state index contributed by atoms with van der Waals surface area (Å²) in [5.74, 6) is 0.233. The molecule has 150 valence electrons. The smallest absolute Gasteiger partial charge is 0.307 e. The van der Waals surface area contributed by atoms with Gasteiger partial charge in [-0.1, -0.05) is 54.6 Å². The van der Waals surface area contributed by atoms with E-state index in [4.69, 9.17) is 9.47 Å².